The number of methoxy groups -OCH3 is 1. The second-order valence-electron chi connectivity index (χ2n) is 6.10. The van der Waals surface area contributed by atoms with Gasteiger partial charge in [0.1, 0.15) is 5.52 Å². The third kappa shape index (κ3) is 2.54. The number of carbonyl (C=O) groups excluding carboxylic acids is 1. The molecule has 0 saturated carbocycles. The van der Waals surface area contributed by atoms with E-state index in [0.29, 0.717) is 44.2 Å². The first-order valence-electron chi connectivity index (χ1n) is 7.90. The van der Waals surface area contributed by atoms with Gasteiger partial charge in [-0.05, 0) is 42.3 Å². The minimum atomic E-state index is -0.458. The first-order valence-corrected chi connectivity index (χ1v) is 9.04. The fourth-order valence-electron chi connectivity index (χ4n) is 3.51. The van der Waals surface area contributed by atoms with Crippen molar-refractivity contribution in [1.82, 2.24) is 9.55 Å². The minimum absolute atomic E-state index is 0.120. The molecule has 0 radical (unpaired) electrons. The van der Waals surface area contributed by atoms with Gasteiger partial charge in [0.25, 0.3) is 0 Å². The van der Waals surface area contributed by atoms with Gasteiger partial charge in [-0.2, -0.15) is 0 Å². The summed E-state index contributed by atoms with van der Waals surface area (Å²) in [5, 5.41) is 4.94. The number of carbonyl (C=O) groups is 1. The van der Waals surface area contributed by atoms with Gasteiger partial charge < -0.3 is 10.1 Å². The monoisotopic (exact) mass is 409 g/mol. The second-order valence-corrected chi connectivity index (χ2v) is 7.35. The predicted molar refractivity (Wildman–Crippen MR) is 104 cm³/mol. The SMILES string of the molecule is COC(=O)c1ccc(Cl)c2c1nc1n2C(c2c(C)cc(Cl)cc2Cl)CN1. The van der Waals surface area contributed by atoms with Crippen LogP contribution in [0.1, 0.15) is 27.5 Å². The maximum absolute atomic E-state index is 12.1. The Morgan fingerprint density at radius 3 is 2.73 bits per heavy atom. The highest BCUT2D eigenvalue weighted by Gasteiger charge is 2.32. The van der Waals surface area contributed by atoms with E-state index in [1.807, 2.05) is 17.6 Å². The summed E-state index contributed by atoms with van der Waals surface area (Å²) in [6, 6.07) is 6.78. The van der Waals surface area contributed by atoms with Gasteiger partial charge in [0.05, 0.1) is 29.3 Å². The number of hydrogen-bond acceptors (Lipinski definition) is 4. The molecule has 1 aromatic heterocycles. The van der Waals surface area contributed by atoms with Crippen molar-refractivity contribution in [1.29, 1.82) is 0 Å². The van der Waals surface area contributed by atoms with Crippen molar-refractivity contribution < 1.29 is 9.53 Å². The van der Waals surface area contributed by atoms with Crippen LogP contribution < -0.4 is 5.32 Å². The minimum Gasteiger partial charge on any atom is -0.465 e. The number of hydrogen-bond donors (Lipinski definition) is 1. The van der Waals surface area contributed by atoms with Crippen LogP contribution >= 0.6 is 34.8 Å². The first-order chi connectivity index (χ1) is 12.4. The number of aryl methyl sites for hydroxylation is 1. The van der Waals surface area contributed by atoms with E-state index in [9.17, 15) is 4.79 Å². The predicted octanol–water partition coefficient (Wildman–Crippen LogP) is 5.11. The molecule has 26 heavy (non-hydrogen) atoms. The van der Waals surface area contributed by atoms with Crippen molar-refractivity contribution in [3.63, 3.8) is 0 Å². The van der Waals surface area contributed by atoms with Gasteiger partial charge in [-0.25, -0.2) is 9.78 Å². The molecular formula is C18H14Cl3N3O2. The lowest BCUT2D eigenvalue weighted by atomic mass is 10.0. The number of esters is 1. The van der Waals surface area contributed by atoms with Gasteiger partial charge in [0.2, 0.25) is 5.95 Å². The normalized spacial score (nSPS) is 15.8. The Kier molecular flexibility index (Phi) is 4.26. The molecule has 1 aliphatic heterocycles. The number of imidazole rings is 1. The lowest BCUT2D eigenvalue weighted by Crippen LogP contribution is -2.12. The van der Waals surface area contributed by atoms with Crippen molar-refractivity contribution in [2.24, 2.45) is 0 Å². The van der Waals surface area contributed by atoms with E-state index < -0.39 is 5.97 Å². The summed E-state index contributed by atoms with van der Waals surface area (Å²) in [5.74, 6) is 0.175. The molecule has 1 N–H and O–H groups in total. The van der Waals surface area contributed by atoms with Crippen molar-refractivity contribution >= 4 is 57.8 Å². The standard InChI is InChI=1S/C18H14Cl3N3O2/c1-8-5-9(19)6-12(21)14(8)13-7-22-18-23-15-10(17(25)26-2)3-4-11(20)16(15)24(13)18/h3-6,13H,7H2,1-2H3,(H,22,23). The van der Waals surface area contributed by atoms with Gasteiger partial charge in [-0.15, -0.1) is 0 Å². The maximum atomic E-state index is 12.1. The van der Waals surface area contributed by atoms with Crippen LogP contribution in [0.15, 0.2) is 24.3 Å². The summed E-state index contributed by atoms with van der Waals surface area (Å²) in [6.45, 7) is 2.57. The average molecular weight is 411 g/mol. The molecule has 134 valence electrons. The molecule has 4 rings (SSSR count). The average Bonchev–Trinajstić information content (AvgIpc) is 3.14. The quantitative estimate of drug-likeness (QED) is 0.597. The zero-order chi connectivity index (χ0) is 18.6. The molecule has 3 aromatic rings. The summed E-state index contributed by atoms with van der Waals surface area (Å²) >= 11 is 19.1. The Bertz CT molecular complexity index is 1040. The second kappa shape index (κ2) is 6.34. The van der Waals surface area contributed by atoms with Crippen LogP contribution in [0, 0.1) is 6.92 Å². The van der Waals surface area contributed by atoms with Crippen LogP contribution in [-0.4, -0.2) is 29.2 Å². The topological polar surface area (TPSA) is 56.1 Å². The van der Waals surface area contributed by atoms with E-state index >= 15 is 0 Å². The molecule has 1 atom stereocenters. The molecule has 8 heteroatoms. The molecule has 0 amide bonds. The molecule has 0 bridgehead atoms. The molecule has 2 heterocycles. The summed E-state index contributed by atoms with van der Waals surface area (Å²) < 4.78 is 6.84. The number of nitrogens with zero attached hydrogens (tertiary/aromatic N) is 2. The number of fused-ring (bicyclic) bond motifs is 3. The number of halogens is 3. The summed E-state index contributed by atoms with van der Waals surface area (Å²) in [4.78, 5) is 16.7. The van der Waals surface area contributed by atoms with Crippen LogP contribution in [0.2, 0.25) is 15.1 Å². The van der Waals surface area contributed by atoms with E-state index in [1.54, 1.807) is 18.2 Å². The fourth-order valence-corrected chi connectivity index (χ4v) is 4.48. The van der Waals surface area contributed by atoms with Crippen LogP contribution in [0.4, 0.5) is 5.95 Å². The van der Waals surface area contributed by atoms with Crippen molar-refractivity contribution in [3.05, 3.63) is 56.0 Å². The molecule has 1 unspecified atom stereocenters. The fraction of sp³-hybridized carbons (Fsp3) is 0.222. The van der Waals surface area contributed by atoms with E-state index in [0.717, 1.165) is 11.1 Å². The number of nitrogens with one attached hydrogen (secondary N) is 1. The Balaban J connectivity index is 1.98. The van der Waals surface area contributed by atoms with Crippen LogP contribution in [0.3, 0.4) is 0 Å². The van der Waals surface area contributed by atoms with E-state index in [2.05, 4.69) is 10.3 Å². The van der Waals surface area contributed by atoms with Crippen LogP contribution in [0.5, 0.6) is 0 Å². The van der Waals surface area contributed by atoms with Gasteiger partial charge in [0, 0.05) is 16.6 Å². The molecule has 0 aliphatic carbocycles. The summed E-state index contributed by atoms with van der Waals surface area (Å²) in [7, 11) is 1.34. The van der Waals surface area contributed by atoms with Gasteiger partial charge in [-0.3, -0.25) is 4.57 Å². The van der Waals surface area contributed by atoms with Crippen molar-refractivity contribution in [2.75, 3.05) is 19.0 Å². The van der Waals surface area contributed by atoms with E-state index in [1.165, 1.54) is 7.11 Å². The van der Waals surface area contributed by atoms with E-state index in [4.69, 9.17) is 39.5 Å². The molecule has 0 saturated heterocycles. The zero-order valence-electron chi connectivity index (χ0n) is 13.9. The van der Waals surface area contributed by atoms with E-state index in [-0.39, 0.29) is 6.04 Å². The largest absolute Gasteiger partial charge is 0.465 e. The molecule has 0 spiro atoms. The molecule has 0 fully saturated rings. The Morgan fingerprint density at radius 1 is 1.27 bits per heavy atom. The number of anilines is 1. The zero-order valence-corrected chi connectivity index (χ0v) is 16.2. The highest BCUT2D eigenvalue weighted by Crippen LogP contribution is 2.41. The van der Waals surface area contributed by atoms with Crippen molar-refractivity contribution in [2.45, 2.75) is 13.0 Å². The summed E-state index contributed by atoms with van der Waals surface area (Å²) in [6.07, 6.45) is 0. The number of benzene rings is 2. The van der Waals surface area contributed by atoms with Crippen LogP contribution in [-0.2, 0) is 4.74 Å². The third-order valence-electron chi connectivity index (χ3n) is 4.59. The third-order valence-corrected chi connectivity index (χ3v) is 5.43. The molecule has 5 nitrogen and oxygen atoms in total. The van der Waals surface area contributed by atoms with Crippen molar-refractivity contribution in [3.8, 4) is 0 Å². The highest BCUT2D eigenvalue weighted by molar-refractivity contribution is 6.36. The number of aromatic nitrogens is 2. The maximum Gasteiger partial charge on any atom is 0.340 e. The highest BCUT2D eigenvalue weighted by atomic mass is 35.5. The van der Waals surface area contributed by atoms with Gasteiger partial charge >= 0.3 is 5.97 Å². The Hall–Kier alpha value is -1.95. The van der Waals surface area contributed by atoms with Gasteiger partial charge in [-0.1, -0.05) is 34.8 Å². The first kappa shape index (κ1) is 17.5. The molecular weight excluding hydrogens is 397 g/mol. The lowest BCUT2D eigenvalue weighted by molar-refractivity contribution is 0.0603. The molecule has 1 aliphatic rings. The summed E-state index contributed by atoms with van der Waals surface area (Å²) in [5.41, 5.74) is 3.46. The molecule has 2 aromatic carbocycles. The Labute approximate surface area is 164 Å². The lowest BCUT2D eigenvalue weighted by Gasteiger charge is -2.19. The van der Waals surface area contributed by atoms with Crippen LogP contribution in [0.25, 0.3) is 11.0 Å². The number of rotatable bonds is 2. The number of ether oxygens (including phenoxy) is 1. The Morgan fingerprint density at radius 2 is 2.04 bits per heavy atom. The van der Waals surface area contributed by atoms with Gasteiger partial charge in [0.15, 0.2) is 0 Å². The smallest absolute Gasteiger partial charge is 0.340 e.